The van der Waals surface area contributed by atoms with Crippen LogP contribution in [0.2, 0.25) is 5.02 Å². The Morgan fingerprint density at radius 1 is 1.50 bits per heavy atom. The van der Waals surface area contributed by atoms with Gasteiger partial charge in [0.25, 0.3) is 5.69 Å². The van der Waals surface area contributed by atoms with Gasteiger partial charge in [-0.2, -0.15) is 0 Å². The SMILES string of the molecule is CCOCCCNC(=O)Nc1ccc(Cl)c([N+](=O)[O-])c1. The van der Waals surface area contributed by atoms with E-state index in [1.54, 1.807) is 0 Å². The fourth-order valence-corrected chi connectivity index (χ4v) is 1.61. The number of urea groups is 1. The van der Waals surface area contributed by atoms with Gasteiger partial charge in [-0.15, -0.1) is 0 Å². The molecule has 1 aromatic carbocycles. The quantitative estimate of drug-likeness (QED) is 0.460. The molecule has 0 unspecified atom stereocenters. The molecular weight excluding hydrogens is 286 g/mol. The number of nitro benzene ring substituents is 1. The van der Waals surface area contributed by atoms with Crippen molar-refractivity contribution in [1.29, 1.82) is 0 Å². The number of hydrogen-bond acceptors (Lipinski definition) is 4. The molecule has 0 aliphatic heterocycles. The zero-order chi connectivity index (χ0) is 15.0. The van der Waals surface area contributed by atoms with Crippen LogP contribution in [0.4, 0.5) is 16.2 Å². The summed E-state index contributed by atoms with van der Waals surface area (Å²) in [6.45, 7) is 3.57. The minimum atomic E-state index is -0.604. The highest BCUT2D eigenvalue weighted by Crippen LogP contribution is 2.27. The molecule has 1 rings (SSSR count). The van der Waals surface area contributed by atoms with E-state index in [2.05, 4.69) is 10.6 Å². The predicted molar refractivity (Wildman–Crippen MR) is 76.2 cm³/mol. The molecule has 0 radical (unpaired) electrons. The molecule has 110 valence electrons. The largest absolute Gasteiger partial charge is 0.382 e. The lowest BCUT2D eigenvalue weighted by Crippen LogP contribution is -2.30. The molecule has 2 N–H and O–H groups in total. The Hall–Kier alpha value is -1.86. The van der Waals surface area contributed by atoms with Crippen molar-refractivity contribution in [2.24, 2.45) is 0 Å². The highest BCUT2D eigenvalue weighted by atomic mass is 35.5. The molecule has 0 aliphatic carbocycles. The number of rotatable bonds is 7. The Labute approximate surface area is 121 Å². The second-order valence-electron chi connectivity index (χ2n) is 3.85. The first kappa shape index (κ1) is 16.2. The van der Waals surface area contributed by atoms with Gasteiger partial charge >= 0.3 is 6.03 Å². The fraction of sp³-hybridized carbons (Fsp3) is 0.417. The van der Waals surface area contributed by atoms with Crippen LogP contribution in [0.15, 0.2) is 18.2 Å². The normalized spacial score (nSPS) is 10.1. The molecule has 0 aliphatic rings. The number of ether oxygens (including phenoxy) is 1. The van der Waals surface area contributed by atoms with Crippen LogP contribution < -0.4 is 10.6 Å². The Morgan fingerprint density at radius 2 is 2.25 bits per heavy atom. The van der Waals surface area contributed by atoms with Crippen molar-refractivity contribution < 1.29 is 14.5 Å². The minimum Gasteiger partial charge on any atom is -0.382 e. The highest BCUT2D eigenvalue weighted by Gasteiger charge is 2.13. The van der Waals surface area contributed by atoms with Gasteiger partial charge in [0.05, 0.1) is 4.92 Å². The molecule has 0 saturated heterocycles. The minimum absolute atomic E-state index is 0.0256. The van der Waals surface area contributed by atoms with E-state index < -0.39 is 11.0 Å². The van der Waals surface area contributed by atoms with Crippen molar-refractivity contribution in [3.05, 3.63) is 33.3 Å². The number of halogens is 1. The van der Waals surface area contributed by atoms with E-state index in [0.29, 0.717) is 31.9 Å². The molecule has 0 heterocycles. The second kappa shape index (κ2) is 8.34. The van der Waals surface area contributed by atoms with Gasteiger partial charge in [0.2, 0.25) is 0 Å². The number of hydrogen-bond donors (Lipinski definition) is 2. The average Bonchev–Trinajstić information content (AvgIpc) is 2.40. The molecule has 7 nitrogen and oxygen atoms in total. The summed E-state index contributed by atoms with van der Waals surface area (Å²) in [4.78, 5) is 21.7. The zero-order valence-electron chi connectivity index (χ0n) is 11.0. The number of amides is 2. The number of anilines is 1. The Morgan fingerprint density at radius 3 is 2.90 bits per heavy atom. The van der Waals surface area contributed by atoms with Crippen LogP contribution >= 0.6 is 11.6 Å². The van der Waals surface area contributed by atoms with Crippen molar-refractivity contribution in [1.82, 2.24) is 5.32 Å². The van der Waals surface area contributed by atoms with Gasteiger partial charge in [-0.25, -0.2) is 4.79 Å². The van der Waals surface area contributed by atoms with Crippen LogP contribution in [0.1, 0.15) is 13.3 Å². The van der Waals surface area contributed by atoms with Gasteiger partial charge in [-0.3, -0.25) is 10.1 Å². The van der Waals surface area contributed by atoms with Crippen LogP contribution in [-0.2, 0) is 4.74 Å². The first-order valence-electron chi connectivity index (χ1n) is 6.11. The summed E-state index contributed by atoms with van der Waals surface area (Å²) in [7, 11) is 0. The van der Waals surface area contributed by atoms with Crippen molar-refractivity contribution in [3.8, 4) is 0 Å². The van der Waals surface area contributed by atoms with Gasteiger partial charge < -0.3 is 15.4 Å². The fourth-order valence-electron chi connectivity index (χ4n) is 1.43. The molecule has 2 amide bonds. The number of benzene rings is 1. The molecule has 0 fully saturated rings. The Balaban J connectivity index is 2.46. The lowest BCUT2D eigenvalue weighted by Gasteiger charge is -2.08. The molecule has 1 aromatic rings. The summed E-state index contributed by atoms with van der Waals surface area (Å²) in [5.41, 5.74) is 0.0595. The van der Waals surface area contributed by atoms with Crippen LogP contribution in [0.5, 0.6) is 0 Å². The second-order valence-corrected chi connectivity index (χ2v) is 4.26. The molecule has 8 heteroatoms. The average molecular weight is 302 g/mol. The molecule has 0 saturated carbocycles. The van der Waals surface area contributed by atoms with E-state index in [1.165, 1.54) is 18.2 Å². The smallest absolute Gasteiger partial charge is 0.319 e. The monoisotopic (exact) mass is 301 g/mol. The van der Waals surface area contributed by atoms with Crippen LogP contribution in [0.25, 0.3) is 0 Å². The summed E-state index contributed by atoms with van der Waals surface area (Å²) >= 11 is 5.68. The van der Waals surface area contributed by atoms with E-state index in [9.17, 15) is 14.9 Å². The maximum atomic E-state index is 11.5. The number of carbonyl (C=O) groups is 1. The number of nitro groups is 1. The third-order valence-corrected chi connectivity index (χ3v) is 2.68. The number of nitrogens with one attached hydrogen (secondary N) is 2. The third-order valence-electron chi connectivity index (χ3n) is 2.36. The summed E-state index contributed by atoms with van der Waals surface area (Å²) < 4.78 is 5.13. The van der Waals surface area contributed by atoms with Crippen molar-refractivity contribution in [2.75, 3.05) is 25.1 Å². The predicted octanol–water partition coefficient (Wildman–Crippen LogP) is 2.80. The van der Waals surface area contributed by atoms with E-state index in [-0.39, 0.29) is 10.7 Å². The van der Waals surface area contributed by atoms with Gasteiger partial charge in [-0.1, -0.05) is 11.6 Å². The van der Waals surface area contributed by atoms with Gasteiger partial charge in [0.1, 0.15) is 5.02 Å². The third kappa shape index (κ3) is 5.41. The lowest BCUT2D eigenvalue weighted by molar-refractivity contribution is -0.384. The molecular formula is C12H16ClN3O4. The van der Waals surface area contributed by atoms with E-state index in [0.717, 1.165) is 0 Å². The van der Waals surface area contributed by atoms with Crippen molar-refractivity contribution in [3.63, 3.8) is 0 Å². The van der Waals surface area contributed by atoms with Crippen molar-refractivity contribution >= 4 is 29.0 Å². The maximum absolute atomic E-state index is 11.5. The number of carbonyl (C=O) groups excluding carboxylic acids is 1. The highest BCUT2D eigenvalue weighted by molar-refractivity contribution is 6.32. The number of nitrogens with zero attached hydrogens (tertiary/aromatic N) is 1. The first-order valence-corrected chi connectivity index (χ1v) is 6.49. The summed E-state index contributed by atoms with van der Waals surface area (Å²) in [5.74, 6) is 0. The lowest BCUT2D eigenvalue weighted by atomic mass is 10.3. The van der Waals surface area contributed by atoms with Crippen LogP contribution in [0.3, 0.4) is 0 Å². The van der Waals surface area contributed by atoms with Crippen molar-refractivity contribution in [2.45, 2.75) is 13.3 Å². The molecule has 20 heavy (non-hydrogen) atoms. The van der Waals surface area contributed by atoms with Crippen LogP contribution in [0, 0.1) is 10.1 Å². The van der Waals surface area contributed by atoms with Crippen LogP contribution in [-0.4, -0.2) is 30.7 Å². The van der Waals surface area contributed by atoms with E-state index in [4.69, 9.17) is 16.3 Å². The Kier molecular flexibility index (Phi) is 6.75. The summed E-state index contributed by atoms with van der Waals surface area (Å²) in [6.07, 6.45) is 0.696. The topological polar surface area (TPSA) is 93.5 Å². The molecule has 0 spiro atoms. The standard InChI is InChI=1S/C12H16ClN3O4/c1-2-20-7-3-6-14-12(17)15-9-4-5-10(13)11(8-9)16(18)19/h4-5,8H,2-3,6-7H2,1H3,(H2,14,15,17). The van der Waals surface area contributed by atoms with E-state index >= 15 is 0 Å². The van der Waals surface area contributed by atoms with Gasteiger partial charge in [0, 0.05) is 31.5 Å². The van der Waals surface area contributed by atoms with E-state index in [1.807, 2.05) is 6.92 Å². The van der Waals surface area contributed by atoms with Gasteiger partial charge in [0.15, 0.2) is 0 Å². The Bertz CT molecular complexity index is 482. The molecule has 0 aromatic heterocycles. The molecule has 0 bridgehead atoms. The summed E-state index contributed by atoms with van der Waals surface area (Å²) in [5, 5.41) is 15.9. The first-order chi connectivity index (χ1) is 9.54. The molecule has 0 atom stereocenters. The zero-order valence-corrected chi connectivity index (χ0v) is 11.8. The van der Waals surface area contributed by atoms with Gasteiger partial charge in [-0.05, 0) is 25.5 Å². The summed E-state index contributed by atoms with van der Waals surface area (Å²) in [6, 6.07) is 3.64. The maximum Gasteiger partial charge on any atom is 0.319 e.